The zero-order valence-electron chi connectivity index (χ0n) is 21.5. The van der Waals surface area contributed by atoms with Gasteiger partial charge in [0.15, 0.2) is 5.69 Å². The highest BCUT2D eigenvalue weighted by Gasteiger charge is 2.26. The summed E-state index contributed by atoms with van der Waals surface area (Å²) in [7, 11) is 0. The highest BCUT2D eigenvalue weighted by atomic mass is 16.5. The van der Waals surface area contributed by atoms with Crippen LogP contribution in [0.4, 0.5) is 0 Å². The Bertz CT molecular complexity index is 1270. The van der Waals surface area contributed by atoms with Crippen LogP contribution in [0.3, 0.4) is 0 Å². The molecule has 2 amide bonds. The second kappa shape index (κ2) is 10.5. The van der Waals surface area contributed by atoms with E-state index in [0.29, 0.717) is 18.8 Å². The normalized spacial score (nSPS) is 16.0. The number of carbonyl (C=O) groups excluding carboxylic acids is 2. The Labute approximate surface area is 212 Å². The largest absolute Gasteiger partial charge is 0.360 e. The maximum Gasteiger partial charge on any atom is 0.273 e. The molecule has 1 fully saturated rings. The maximum absolute atomic E-state index is 12.6. The Balaban J connectivity index is 1.49. The van der Waals surface area contributed by atoms with E-state index in [9.17, 15) is 9.59 Å². The maximum atomic E-state index is 12.6. The van der Waals surface area contributed by atoms with Crippen molar-refractivity contribution in [2.24, 2.45) is 0 Å². The number of aromatic nitrogens is 2. The van der Waals surface area contributed by atoms with Gasteiger partial charge < -0.3 is 14.7 Å². The third-order valence-electron chi connectivity index (χ3n) is 6.77. The van der Waals surface area contributed by atoms with E-state index in [4.69, 9.17) is 4.52 Å². The van der Waals surface area contributed by atoms with Gasteiger partial charge in [-0.15, -0.1) is 0 Å². The number of benzene rings is 1. The van der Waals surface area contributed by atoms with Crippen LogP contribution in [0.5, 0.6) is 0 Å². The molecule has 1 aliphatic heterocycles. The van der Waals surface area contributed by atoms with Crippen LogP contribution in [-0.2, 0) is 16.8 Å². The van der Waals surface area contributed by atoms with Crippen LogP contribution in [0.15, 0.2) is 59.9 Å². The summed E-state index contributed by atoms with van der Waals surface area (Å²) in [6, 6.07) is 10.0. The molecule has 1 atom stereocenters. The molecule has 7 heteroatoms. The second-order valence-electron chi connectivity index (χ2n) is 10.4. The number of piperidine rings is 1. The van der Waals surface area contributed by atoms with Gasteiger partial charge in [-0.3, -0.25) is 14.6 Å². The molecule has 36 heavy (non-hydrogen) atoms. The lowest BCUT2D eigenvalue weighted by atomic mass is 9.86. The Morgan fingerprint density at radius 3 is 2.75 bits per heavy atom. The van der Waals surface area contributed by atoms with E-state index in [1.54, 1.807) is 6.07 Å². The molecule has 4 rings (SSSR count). The molecule has 188 valence electrons. The average Bonchev–Trinajstić information content (AvgIpc) is 3.39. The minimum absolute atomic E-state index is 0.0207. The molecule has 1 unspecified atom stereocenters. The quantitative estimate of drug-likeness (QED) is 0.486. The summed E-state index contributed by atoms with van der Waals surface area (Å²) in [4.78, 5) is 31.0. The minimum atomic E-state index is -0.259. The van der Waals surface area contributed by atoms with Crippen molar-refractivity contribution in [3.8, 4) is 11.1 Å². The molecule has 7 nitrogen and oxygen atoms in total. The summed E-state index contributed by atoms with van der Waals surface area (Å²) < 4.78 is 5.34. The third kappa shape index (κ3) is 5.56. The Hall–Kier alpha value is -3.74. The number of pyridine rings is 1. The van der Waals surface area contributed by atoms with Crippen LogP contribution < -0.4 is 5.32 Å². The van der Waals surface area contributed by atoms with Crippen molar-refractivity contribution in [2.75, 3.05) is 13.1 Å². The van der Waals surface area contributed by atoms with Crippen LogP contribution in [0.2, 0.25) is 0 Å². The number of rotatable bonds is 6. The van der Waals surface area contributed by atoms with Crippen molar-refractivity contribution >= 4 is 11.8 Å². The standard InChI is InChI=1S/C29H34N4O3/c1-6-27(34)33-13-7-8-22(18-33)24-17-30-12-11-23(24)20-9-10-21(19(2)14-20)16-31-28(35)25-15-26(36-32-25)29(3,4)5/h6,9-12,14-15,17,22H,1,7-8,13,16,18H2,2-5H3,(H,31,35). The molecule has 3 heterocycles. The first kappa shape index (κ1) is 25.4. The summed E-state index contributed by atoms with van der Waals surface area (Å²) in [5.74, 6) is 0.625. The fourth-order valence-electron chi connectivity index (χ4n) is 4.62. The molecule has 0 spiro atoms. The first-order valence-corrected chi connectivity index (χ1v) is 12.4. The number of nitrogens with zero attached hydrogens (tertiary/aromatic N) is 3. The summed E-state index contributed by atoms with van der Waals surface area (Å²) in [6.07, 6.45) is 7.09. The lowest BCUT2D eigenvalue weighted by molar-refractivity contribution is -0.127. The molecule has 3 aromatic rings. The zero-order chi connectivity index (χ0) is 25.9. The molecular formula is C29H34N4O3. The highest BCUT2D eigenvalue weighted by Crippen LogP contribution is 2.34. The Morgan fingerprint density at radius 2 is 2.06 bits per heavy atom. The molecule has 1 aromatic carbocycles. The van der Waals surface area contributed by atoms with Crippen LogP contribution in [0.25, 0.3) is 11.1 Å². The SMILES string of the molecule is C=CC(=O)N1CCCC(c2cnccc2-c2ccc(CNC(=O)c3cc(C(C)(C)C)on3)c(C)c2)C1. The van der Waals surface area contributed by atoms with E-state index in [2.05, 4.69) is 34.2 Å². The van der Waals surface area contributed by atoms with Gasteiger partial charge in [-0.1, -0.05) is 50.7 Å². The monoisotopic (exact) mass is 486 g/mol. The minimum Gasteiger partial charge on any atom is -0.360 e. The smallest absolute Gasteiger partial charge is 0.273 e. The number of hydrogen-bond donors (Lipinski definition) is 1. The van der Waals surface area contributed by atoms with Gasteiger partial charge >= 0.3 is 0 Å². The van der Waals surface area contributed by atoms with Crippen LogP contribution >= 0.6 is 0 Å². The summed E-state index contributed by atoms with van der Waals surface area (Å²) in [6.45, 7) is 13.6. The molecule has 1 aliphatic rings. The fraction of sp³-hybridized carbons (Fsp3) is 0.379. The number of nitrogens with one attached hydrogen (secondary N) is 1. The van der Waals surface area contributed by atoms with E-state index in [0.717, 1.165) is 47.2 Å². The van der Waals surface area contributed by atoms with Crippen LogP contribution in [-0.4, -0.2) is 39.9 Å². The predicted molar refractivity (Wildman–Crippen MR) is 140 cm³/mol. The van der Waals surface area contributed by atoms with E-state index in [-0.39, 0.29) is 28.8 Å². The number of likely N-dealkylation sites (tertiary alicyclic amines) is 1. The average molecular weight is 487 g/mol. The predicted octanol–water partition coefficient (Wildman–Crippen LogP) is 5.16. The van der Waals surface area contributed by atoms with Gasteiger partial charge in [0.2, 0.25) is 5.91 Å². The van der Waals surface area contributed by atoms with Crippen molar-refractivity contribution < 1.29 is 14.1 Å². The molecular weight excluding hydrogens is 452 g/mol. The number of hydrogen-bond acceptors (Lipinski definition) is 5. The lowest BCUT2D eigenvalue weighted by Gasteiger charge is -2.33. The molecule has 0 radical (unpaired) electrons. The number of aryl methyl sites for hydroxylation is 1. The van der Waals surface area contributed by atoms with Crippen molar-refractivity contribution in [1.29, 1.82) is 0 Å². The van der Waals surface area contributed by atoms with E-state index in [1.807, 2.05) is 57.1 Å². The number of amides is 2. The summed E-state index contributed by atoms with van der Waals surface area (Å²) in [5, 5.41) is 6.87. The Morgan fingerprint density at radius 1 is 1.25 bits per heavy atom. The highest BCUT2D eigenvalue weighted by molar-refractivity contribution is 5.92. The van der Waals surface area contributed by atoms with Gasteiger partial charge in [0.25, 0.3) is 5.91 Å². The van der Waals surface area contributed by atoms with Crippen molar-refractivity contribution in [3.63, 3.8) is 0 Å². The van der Waals surface area contributed by atoms with Crippen molar-refractivity contribution in [3.05, 3.63) is 83.5 Å². The third-order valence-corrected chi connectivity index (χ3v) is 6.77. The molecule has 1 N–H and O–H groups in total. The van der Waals surface area contributed by atoms with Gasteiger partial charge in [-0.2, -0.15) is 0 Å². The molecule has 2 aromatic heterocycles. The van der Waals surface area contributed by atoms with Crippen molar-refractivity contribution in [2.45, 2.75) is 58.4 Å². The molecule has 0 bridgehead atoms. The van der Waals surface area contributed by atoms with Crippen LogP contribution in [0.1, 0.15) is 72.5 Å². The fourth-order valence-corrected chi connectivity index (χ4v) is 4.62. The first-order chi connectivity index (χ1) is 17.2. The summed E-state index contributed by atoms with van der Waals surface area (Å²) in [5.41, 5.74) is 5.56. The summed E-state index contributed by atoms with van der Waals surface area (Å²) >= 11 is 0. The first-order valence-electron chi connectivity index (χ1n) is 12.4. The topological polar surface area (TPSA) is 88.3 Å². The van der Waals surface area contributed by atoms with Crippen LogP contribution in [0, 0.1) is 6.92 Å². The lowest BCUT2D eigenvalue weighted by Crippen LogP contribution is -2.38. The second-order valence-corrected chi connectivity index (χ2v) is 10.4. The van der Waals surface area contributed by atoms with E-state index < -0.39 is 0 Å². The van der Waals surface area contributed by atoms with Gasteiger partial charge in [-0.25, -0.2) is 0 Å². The van der Waals surface area contributed by atoms with Gasteiger partial charge in [0, 0.05) is 49.4 Å². The van der Waals surface area contributed by atoms with Gasteiger partial charge in [-0.05, 0) is 59.7 Å². The van der Waals surface area contributed by atoms with E-state index >= 15 is 0 Å². The zero-order valence-corrected chi connectivity index (χ0v) is 21.5. The van der Waals surface area contributed by atoms with Crippen molar-refractivity contribution in [1.82, 2.24) is 20.4 Å². The molecule has 0 aliphatic carbocycles. The molecule has 0 saturated carbocycles. The van der Waals surface area contributed by atoms with E-state index in [1.165, 1.54) is 6.08 Å². The Kier molecular flexibility index (Phi) is 7.38. The number of carbonyl (C=O) groups is 2. The molecule has 1 saturated heterocycles. The van der Waals surface area contributed by atoms with Gasteiger partial charge in [0.05, 0.1) is 0 Å². The van der Waals surface area contributed by atoms with Gasteiger partial charge in [0.1, 0.15) is 5.76 Å².